The van der Waals surface area contributed by atoms with Gasteiger partial charge in [-0.05, 0) is 119 Å². The van der Waals surface area contributed by atoms with Gasteiger partial charge in [0.1, 0.15) is 5.67 Å². The van der Waals surface area contributed by atoms with E-state index < -0.39 is 5.67 Å². The zero-order valence-corrected chi connectivity index (χ0v) is 22.1. The van der Waals surface area contributed by atoms with Gasteiger partial charge in [0, 0.05) is 0 Å². The van der Waals surface area contributed by atoms with Crippen molar-refractivity contribution >= 4 is 0 Å². The second kappa shape index (κ2) is 11.8. The van der Waals surface area contributed by atoms with Gasteiger partial charge < -0.3 is 5.11 Å². The van der Waals surface area contributed by atoms with E-state index in [2.05, 4.69) is 34.6 Å². The Bertz CT molecular complexity index is 499. The molecule has 0 aromatic rings. The summed E-state index contributed by atoms with van der Waals surface area (Å²) in [5, 5.41) is 10.7. The van der Waals surface area contributed by atoms with Crippen LogP contribution in [0.4, 0.5) is 4.39 Å². The first kappa shape index (κ1) is 27.1. The third-order valence-corrected chi connectivity index (χ3v) is 9.43. The van der Waals surface area contributed by atoms with E-state index in [1.165, 1.54) is 44.9 Å². The number of alkyl halides is 1. The van der Waals surface area contributed by atoms with Crippen molar-refractivity contribution in [3.63, 3.8) is 0 Å². The van der Waals surface area contributed by atoms with Gasteiger partial charge in [0.2, 0.25) is 0 Å². The Kier molecular flexibility index (Phi) is 10.4. The van der Waals surface area contributed by atoms with Crippen molar-refractivity contribution in [2.24, 2.45) is 40.9 Å². The molecule has 0 radical (unpaired) electrons. The number of rotatable bonds is 11. The quantitative estimate of drug-likeness (QED) is 0.341. The van der Waals surface area contributed by atoms with Crippen molar-refractivity contribution in [1.82, 2.24) is 0 Å². The van der Waals surface area contributed by atoms with E-state index in [0.717, 1.165) is 56.3 Å². The van der Waals surface area contributed by atoms with Crippen LogP contribution in [0.2, 0.25) is 0 Å². The van der Waals surface area contributed by atoms with E-state index in [9.17, 15) is 9.50 Å². The third-order valence-electron chi connectivity index (χ3n) is 9.43. The average molecular weight is 439 g/mol. The molecular weight excluding hydrogens is 383 g/mol. The first-order chi connectivity index (χ1) is 14.4. The topological polar surface area (TPSA) is 20.2 Å². The number of aliphatic hydroxyl groups excluding tert-OH is 1. The molecule has 0 aliphatic heterocycles. The summed E-state index contributed by atoms with van der Waals surface area (Å²) in [5.41, 5.74) is -0.676. The lowest BCUT2D eigenvalue weighted by atomic mass is 9.68. The van der Waals surface area contributed by atoms with Gasteiger partial charge in [0.15, 0.2) is 0 Å². The van der Waals surface area contributed by atoms with Crippen molar-refractivity contribution in [2.75, 3.05) is 0 Å². The fraction of sp³-hybridized carbons (Fsp3) is 1.00. The molecule has 0 saturated heterocycles. The molecular formula is C29H55FO. The van der Waals surface area contributed by atoms with Crippen LogP contribution in [0, 0.1) is 40.9 Å². The minimum Gasteiger partial charge on any atom is -0.393 e. The van der Waals surface area contributed by atoms with E-state index in [1.54, 1.807) is 13.8 Å². The Balaban J connectivity index is 1.63. The maximum Gasteiger partial charge on any atom is 0.108 e. The van der Waals surface area contributed by atoms with Crippen molar-refractivity contribution in [3.8, 4) is 0 Å². The minimum atomic E-state index is -1.06. The van der Waals surface area contributed by atoms with Crippen LogP contribution < -0.4 is 0 Å². The van der Waals surface area contributed by atoms with Crippen LogP contribution >= 0.6 is 0 Å². The number of aliphatic hydroxyl groups is 1. The SMILES string of the molecule is CC1CCC(C(C)CCC(C)(C)CCC[C@H](O)C[C@H]2CCC(C(C)(C)F)C[C@H]2C)CC1. The first-order valence-corrected chi connectivity index (χ1v) is 13.7. The molecule has 2 saturated carbocycles. The molecule has 0 heterocycles. The molecule has 0 spiro atoms. The normalized spacial score (nSPS) is 32.6. The van der Waals surface area contributed by atoms with Crippen LogP contribution in [0.25, 0.3) is 0 Å². The maximum atomic E-state index is 14.3. The van der Waals surface area contributed by atoms with Gasteiger partial charge in [0.05, 0.1) is 6.10 Å². The molecule has 2 unspecified atom stereocenters. The van der Waals surface area contributed by atoms with E-state index in [4.69, 9.17) is 0 Å². The predicted octanol–water partition coefficient (Wildman–Crippen LogP) is 8.98. The van der Waals surface area contributed by atoms with Gasteiger partial charge in [0.25, 0.3) is 0 Å². The van der Waals surface area contributed by atoms with Crippen molar-refractivity contribution < 1.29 is 9.50 Å². The highest BCUT2D eigenvalue weighted by Gasteiger charge is 2.37. The molecule has 5 atom stereocenters. The van der Waals surface area contributed by atoms with E-state index >= 15 is 0 Å². The van der Waals surface area contributed by atoms with E-state index in [-0.39, 0.29) is 12.0 Å². The lowest BCUT2D eigenvalue weighted by molar-refractivity contribution is 0.0347. The van der Waals surface area contributed by atoms with Crippen LogP contribution in [0.5, 0.6) is 0 Å². The molecule has 0 bridgehead atoms. The second-order valence-corrected chi connectivity index (χ2v) is 13.3. The standard InChI is InChI=1S/C29H55FO/c1-21-10-12-24(13-11-21)22(2)16-18-28(4,5)17-8-9-27(31)20-25-14-15-26(19-23(25)3)29(6,7)30/h21-27,31H,8-20H2,1-7H3/t21?,22?,23-,24?,25-,26?,27+/m1/s1. The van der Waals surface area contributed by atoms with Gasteiger partial charge in [-0.3, -0.25) is 0 Å². The Labute approximate surface area is 194 Å². The maximum absolute atomic E-state index is 14.3. The van der Waals surface area contributed by atoms with Crippen molar-refractivity contribution in [1.29, 1.82) is 0 Å². The molecule has 2 fully saturated rings. The summed E-state index contributed by atoms with van der Waals surface area (Å²) >= 11 is 0. The molecule has 31 heavy (non-hydrogen) atoms. The molecule has 1 nitrogen and oxygen atoms in total. The fourth-order valence-corrected chi connectivity index (χ4v) is 6.55. The molecule has 0 amide bonds. The predicted molar refractivity (Wildman–Crippen MR) is 133 cm³/mol. The Hall–Kier alpha value is -0.110. The summed E-state index contributed by atoms with van der Waals surface area (Å²) in [6, 6.07) is 0. The van der Waals surface area contributed by atoms with Gasteiger partial charge in [-0.25, -0.2) is 4.39 Å². The second-order valence-electron chi connectivity index (χ2n) is 13.3. The number of hydrogen-bond donors (Lipinski definition) is 1. The summed E-state index contributed by atoms with van der Waals surface area (Å²) in [6.07, 6.45) is 15.5. The molecule has 2 rings (SSSR count). The van der Waals surface area contributed by atoms with Crippen molar-refractivity contribution in [2.45, 2.75) is 144 Å². The molecule has 184 valence electrons. The molecule has 2 aliphatic rings. The molecule has 1 N–H and O–H groups in total. The molecule has 2 aliphatic carbocycles. The van der Waals surface area contributed by atoms with Crippen LogP contribution in [0.3, 0.4) is 0 Å². The molecule has 2 heteroatoms. The van der Waals surface area contributed by atoms with Crippen LogP contribution in [-0.4, -0.2) is 16.9 Å². The van der Waals surface area contributed by atoms with E-state index in [1.807, 2.05) is 0 Å². The Morgan fingerprint density at radius 3 is 2.13 bits per heavy atom. The summed E-state index contributed by atoms with van der Waals surface area (Å²) in [4.78, 5) is 0. The Morgan fingerprint density at radius 2 is 1.55 bits per heavy atom. The zero-order valence-electron chi connectivity index (χ0n) is 22.1. The highest BCUT2D eigenvalue weighted by molar-refractivity contribution is 4.87. The smallest absolute Gasteiger partial charge is 0.108 e. The van der Waals surface area contributed by atoms with Gasteiger partial charge in [-0.1, -0.05) is 53.9 Å². The third kappa shape index (κ3) is 9.34. The summed E-state index contributed by atoms with van der Waals surface area (Å²) in [7, 11) is 0. The summed E-state index contributed by atoms with van der Waals surface area (Å²) < 4.78 is 14.3. The average Bonchev–Trinajstić information content (AvgIpc) is 2.67. The largest absolute Gasteiger partial charge is 0.393 e. The number of hydrogen-bond acceptors (Lipinski definition) is 1. The first-order valence-electron chi connectivity index (χ1n) is 13.7. The highest BCUT2D eigenvalue weighted by atomic mass is 19.1. The van der Waals surface area contributed by atoms with Crippen LogP contribution in [0.1, 0.15) is 132 Å². The Morgan fingerprint density at radius 1 is 0.903 bits per heavy atom. The minimum absolute atomic E-state index is 0.179. The van der Waals surface area contributed by atoms with Crippen LogP contribution in [-0.2, 0) is 0 Å². The monoisotopic (exact) mass is 438 g/mol. The van der Waals surface area contributed by atoms with Gasteiger partial charge in [-0.15, -0.1) is 0 Å². The lowest BCUT2D eigenvalue weighted by Gasteiger charge is -2.39. The van der Waals surface area contributed by atoms with E-state index in [0.29, 0.717) is 17.3 Å². The molecule has 0 aromatic heterocycles. The number of halogens is 1. The van der Waals surface area contributed by atoms with Gasteiger partial charge in [-0.2, -0.15) is 0 Å². The lowest BCUT2D eigenvalue weighted by Crippen LogP contribution is -2.35. The van der Waals surface area contributed by atoms with Crippen LogP contribution in [0.15, 0.2) is 0 Å². The zero-order chi connectivity index (χ0) is 23.2. The molecule has 0 aromatic carbocycles. The van der Waals surface area contributed by atoms with Crippen molar-refractivity contribution in [3.05, 3.63) is 0 Å². The fourth-order valence-electron chi connectivity index (χ4n) is 6.55. The van der Waals surface area contributed by atoms with Gasteiger partial charge >= 0.3 is 0 Å². The summed E-state index contributed by atoms with van der Waals surface area (Å²) in [6.45, 7) is 15.5. The summed E-state index contributed by atoms with van der Waals surface area (Å²) in [5.74, 6) is 4.05. The highest BCUT2D eigenvalue weighted by Crippen LogP contribution is 2.43.